The first kappa shape index (κ1) is 13.9. The minimum Gasteiger partial charge on any atom is -0.397 e. The van der Waals surface area contributed by atoms with Crippen molar-refractivity contribution in [3.05, 3.63) is 41.7 Å². The number of hydrogen-bond donors (Lipinski definition) is 3. The lowest BCUT2D eigenvalue weighted by Crippen LogP contribution is -2.18. The SMILES string of the molecule is CNC(=O)c1ccc(NCCc2cnn(C)c2)c(N)c1. The van der Waals surface area contributed by atoms with Gasteiger partial charge in [-0.05, 0) is 30.2 Å². The van der Waals surface area contributed by atoms with Crippen LogP contribution in [0.15, 0.2) is 30.6 Å². The fourth-order valence-electron chi connectivity index (χ4n) is 1.95. The zero-order chi connectivity index (χ0) is 14.5. The Labute approximate surface area is 118 Å². The van der Waals surface area contributed by atoms with Gasteiger partial charge in [0.25, 0.3) is 5.91 Å². The van der Waals surface area contributed by atoms with Crippen molar-refractivity contribution in [3.8, 4) is 0 Å². The monoisotopic (exact) mass is 273 g/mol. The molecule has 1 amide bonds. The van der Waals surface area contributed by atoms with Crippen LogP contribution in [-0.2, 0) is 13.5 Å². The molecule has 0 fully saturated rings. The topological polar surface area (TPSA) is 85.0 Å². The number of carbonyl (C=O) groups is 1. The van der Waals surface area contributed by atoms with E-state index >= 15 is 0 Å². The molecule has 1 heterocycles. The fourth-order valence-corrected chi connectivity index (χ4v) is 1.95. The first-order valence-corrected chi connectivity index (χ1v) is 6.43. The lowest BCUT2D eigenvalue weighted by Gasteiger charge is -2.10. The smallest absolute Gasteiger partial charge is 0.251 e. The molecule has 0 saturated heterocycles. The van der Waals surface area contributed by atoms with Crippen LogP contribution in [0, 0.1) is 0 Å². The van der Waals surface area contributed by atoms with Crippen molar-refractivity contribution in [2.24, 2.45) is 7.05 Å². The highest BCUT2D eigenvalue weighted by molar-refractivity contribution is 5.95. The molecule has 0 aliphatic carbocycles. The summed E-state index contributed by atoms with van der Waals surface area (Å²) in [5.74, 6) is -0.140. The number of aryl methyl sites for hydroxylation is 1. The summed E-state index contributed by atoms with van der Waals surface area (Å²) >= 11 is 0. The number of nitrogens with zero attached hydrogens (tertiary/aromatic N) is 2. The molecule has 0 atom stereocenters. The van der Waals surface area contributed by atoms with Crippen LogP contribution < -0.4 is 16.4 Å². The van der Waals surface area contributed by atoms with Crippen LogP contribution >= 0.6 is 0 Å². The predicted molar refractivity (Wildman–Crippen MR) is 79.6 cm³/mol. The Morgan fingerprint density at radius 2 is 2.25 bits per heavy atom. The van der Waals surface area contributed by atoms with Crippen LogP contribution in [0.2, 0.25) is 0 Å². The molecule has 0 aliphatic rings. The molecule has 0 radical (unpaired) electrons. The van der Waals surface area contributed by atoms with Gasteiger partial charge < -0.3 is 16.4 Å². The third kappa shape index (κ3) is 3.28. The number of anilines is 2. The van der Waals surface area contributed by atoms with Crippen LogP contribution in [0.3, 0.4) is 0 Å². The number of hydrogen-bond acceptors (Lipinski definition) is 4. The van der Waals surface area contributed by atoms with E-state index in [0.717, 1.165) is 18.7 Å². The minimum atomic E-state index is -0.140. The highest BCUT2D eigenvalue weighted by atomic mass is 16.1. The molecule has 1 aromatic carbocycles. The van der Waals surface area contributed by atoms with E-state index in [2.05, 4.69) is 15.7 Å². The molecule has 0 aliphatic heterocycles. The van der Waals surface area contributed by atoms with Crippen molar-refractivity contribution in [2.45, 2.75) is 6.42 Å². The molecule has 20 heavy (non-hydrogen) atoms. The fraction of sp³-hybridized carbons (Fsp3) is 0.286. The molecule has 6 nitrogen and oxygen atoms in total. The largest absolute Gasteiger partial charge is 0.397 e. The summed E-state index contributed by atoms with van der Waals surface area (Å²) in [7, 11) is 3.49. The first-order chi connectivity index (χ1) is 9.60. The summed E-state index contributed by atoms with van der Waals surface area (Å²) in [6.07, 6.45) is 4.70. The summed E-state index contributed by atoms with van der Waals surface area (Å²) in [5, 5.41) is 9.95. The second-order valence-electron chi connectivity index (χ2n) is 4.58. The van der Waals surface area contributed by atoms with Crippen molar-refractivity contribution in [3.63, 3.8) is 0 Å². The average molecular weight is 273 g/mol. The van der Waals surface area contributed by atoms with E-state index in [-0.39, 0.29) is 5.91 Å². The Hall–Kier alpha value is -2.50. The Bertz CT molecular complexity index is 605. The number of nitrogens with one attached hydrogen (secondary N) is 2. The number of amides is 1. The quantitative estimate of drug-likeness (QED) is 0.710. The van der Waals surface area contributed by atoms with Crippen molar-refractivity contribution < 1.29 is 4.79 Å². The number of benzene rings is 1. The molecule has 2 rings (SSSR count). The van der Waals surface area contributed by atoms with E-state index in [9.17, 15) is 4.79 Å². The van der Waals surface area contributed by atoms with Crippen molar-refractivity contribution in [2.75, 3.05) is 24.6 Å². The Balaban J connectivity index is 1.94. The number of carbonyl (C=O) groups excluding carboxylic acids is 1. The predicted octanol–water partition coefficient (Wildman–Crippen LogP) is 1.02. The molecule has 106 valence electrons. The number of aromatic nitrogens is 2. The molecule has 1 aromatic heterocycles. The van der Waals surface area contributed by atoms with Gasteiger partial charge in [0.15, 0.2) is 0 Å². The molecular formula is C14H19N5O. The summed E-state index contributed by atoms with van der Waals surface area (Å²) in [4.78, 5) is 11.5. The zero-order valence-electron chi connectivity index (χ0n) is 11.7. The maximum Gasteiger partial charge on any atom is 0.251 e. The summed E-state index contributed by atoms with van der Waals surface area (Å²) in [6.45, 7) is 0.759. The van der Waals surface area contributed by atoms with E-state index in [1.54, 1.807) is 23.9 Å². The van der Waals surface area contributed by atoms with Gasteiger partial charge in [-0.3, -0.25) is 9.48 Å². The number of nitrogen functional groups attached to an aromatic ring is 1. The minimum absolute atomic E-state index is 0.140. The zero-order valence-corrected chi connectivity index (χ0v) is 11.7. The summed E-state index contributed by atoms with van der Waals surface area (Å²) in [6, 6.07) is 5.25. The molecular weight excluding hydrogens is 254 g/mol. The Morgan fingerprint density at radius 3 is 2.85 bits per heavy atom. The summed E-state index contributed by atoms with van der Waals surface area (Å²) < 4.78 is 1.78. The molecule has 4 N–H and O–H groups in total. The first-order valence-electron chi connectivity index (χ1n) is 6.43. The van der Waals surface area contributed by atoms with Gasteiger partial charge in [0.2, 0.25) is 0 Å². The van der Waals surface area contributed by atoms with Gasteiger partial charge in [-0.25, -0.2) is 0 Å². The van der Waals surface area contributed by atoms with Gasteiger partial charge >= 0.3 is 0 Å². The van der Waals surface area contributed by atoms with E-state index in [1.165, 1.54) is 5.56 Å². The van der Waals surface area contributed by atoms with Crippen LogP contribution in [0.25, 0.3) is 0 Å². The van der Waals surface area contributed by atoms with Gasteiger partial charge in [0, 0.05) is 32.4 Å². The Morgan fingerprint density at radius 1 is 1.45 bits per heavy atom. The highest BCUT2D eigenvalue weighted by Crippen LogP contribution is 2.19. The molecule has 2 aromatic rings. The average Bonchev–Trinajstić information content (AvgIpc) is 2.85. The molecule has 6 heteroatoms. The molecule has 0 bridgehead atoms. The van der Waals surface area contributed by atoms with Crippen molar-refractivity contribution in [1.82, 2.24) is 15.1 Å². The highest BCUT2D eigenvalue weighted by Gasteiger charge is 2.06. The van der Waals surface area contributed by atoms with Crippen LogP contribution in [-0.4, -0.2) is 29.3 Å². The molecule has 0 saturated carbocycles. The van der Waals surface area contributed by atoms with E-state index in [0.29, 0.717) is 11.3 Å². The van der Waals surface area contributed by atoms with Crippen LogP contribution in [0.1, 0.15) is 15.9 Å². The number of nitrogens with two attached hydrogens (primary N) is 1. The Kier molecular flexibility index (Phi) is 4.24. The lowest BCUT2D eigenvalue weighted by atomic mass is 10.1. The van der Waals surface area contributed by atoms with E-state index in [1.807, 2.05) is 25.5 Å². The summed E-state index contributed by atoms with van der Waals surface area (Å²) in [5.41, 5.74) is 9.07. The van der Waals surface area contributed by atoms with Gasteiger partial charge in [-0.1, -0.05) is 0 Å². The van der Waals surface area contributed by atoms with Crippen LogP contribution in [0.5, 0.6) is 0 Å². The lowest BCUT2D eigenvalue weighted by molar-refractivity contribution is 0.0963. The molecule has 0 spiro atoms. The van der Waals surface area contributed by atoms with Gasteiger partial charge in [0.1, 0.15) is 0 Å². The third-order valence-electron chi connectivity index (χ3n) is 3.03. The van der Waals surface area contributed by atoms with Crippen molar-refractivity contribution >= 4 is 17.3 Å². The number of rotatable bonds is 5. The second-order valence-corrected chi connectivity index (χ2v) is 4.58. The molecule has 0 unspecified atom stereocenters. The van der Waals surface area contributed by atoms with Crippen molar-refractivity contribution in [1.29, 1.82) is 0 Å². The van der Waals surface area contributed by atoms with Crippen LogP contribution in [0.4, 0.5) is 11.4 Å². The maximum absolute atomic E-state index is 11.5. The standard InChI is InChI=1S/C14H19N5O/c1-16-14(20)11-3-4-13(12(15)7-11)17-6-5-10-8-18-19(2)9-10/h3-4,7-9,17H,5-6,15H2,1-2H3,(H,16,20). The third-order valence-corrected chi connectivity index (χ3v) is 3.03. The maximum atomic E-state index is 11.5. The van der Waals surface area contributed by atoms with Gasteiger partial charge in [-0.15, -0.1) is 0 Å². The van der Waals surface area contributed by atoms with E-state index < -0.39 is 0 Å². The van der Waals surface area contributed by atoms with Gasteiger partial charge in [0.05, 0.1) is 17.6 Å². The second kappa shape index (κ2) is 6.10. The normalized spacial score (nSPS) is 10.3. The van der Waals surface area contributed by atoms with E-state index in [4.69, 9.17) is 5.73 Å². The van der Waals surface area contributed by atoms with Gasteiger partial charge in [-0.2, -0.15) is 5.10 Å².